The first-order chi connectivity index (χ1) is 12.0. The van der Waals surface area contributed by atoms with Crippen molar-refractivity contribution in [2.45, 2.75) is 24.1 Å². The van der Waals surface area contributed by atoms with Gasteiger partial charge in [-0.2, -0.15) is 0 Å². The van der Waals surface area contributed by atoms with Gasteiger partial charge in [-0.25, -0.2) is 15.0 Å². The molecule has 0 saturated heterocycles. The van der Waals surface area contributed by atoms with E-state index in [-0.39, 0.29) is 17.1 Å². The van der Waals surface area contributed by atoms with E-state index in [9.17, 15) is 9.59 Å². The zero-order chi connectivity index (χ0) is 17.8. The summed E-state index contributed by atoms with van der Waals surface area (Å²) in [6.07, 6.45) is 2.97. The van der Waals surface area contributed by atoms with E-state index in [1.54, 1.807) is 37.5 Å². The van der Waals surface area contributed by atoms with Crippen LogP contribution in [-0.2, 0) is 9.59 Å². The summed E-state index contributed by atoms with van der Waals surface area (Å²) in [5.41, 5.74) is 2.61. The number of benzene rings is 1. The summed E-state index contributed by atoms with van der Waals surface area (Å²) in [5.74, 6) is -0.291. The Kier molecular flexibility index (Phi) is 4.94. The number of fused-ring (bicyclic) bond motifs is 1. The highest BCUT2D eigenvalue weighted by Gasteiger charge is 2.18. The number of amides is 2. The van der Waals surface area contributed by atoms with Crippen LogP contribution in [0.4, 0.5) is 11.4 Å². The third-order valence-corrected chi connectivity index (χ3v) is 4.42. The van der Waals surface area contributed by atoms with E-state index in [0.29, 0.717) is 27.6 Å². The molecule has 9 heteroatoms. The molecule has 1 aromatic carbocycles. The van der Waals surface area contributed by atoms with Crippen molar-refractivity contribution < 1.29 is 9.59 Å². The van der Waals surface area contributed by atoms with E-state index in [0.717, 1.165) is 0 Å². The molecule has 0 radical (unpaired) electrons. The number of carbonyl (C=O) groups is 2. The van der Waals surface area contributed by atoms with Crippen molar-refractivity contribution in [1.82, 2.24) is 19.9 Å². The number of hydrogen-bond donors (Lipinski definition) is 3. The van der Waals surface area contributed by atoms with E-state index in [2.05, 4.69) is 30.6 Å². The molecular formula is C16H16N6O2S. The third kappa shape index (κ3) is 4.13. The first-order valence-electron chi connectivity index (χ1n) is 7.52. The summed E-state index contributed by atoms with van der Waals surface area (Å²) in [5, 5.41) is 5.83. The summed E-state index contributed by atoms with van der Waals surface area (Å²) >= 11 is 1.33. The minimum atomic E-state index is -0.364. The Hall–Kier alpha value is -2.94. The number of hydrogen-bond acceptors (Lipinski definition) is 6. The Bertz CT molecular complexity index is 908. The Morgan fingerprint density at radius 1 is 1.08 bits per heavy atom. The number of rotatable bonds is 5. The predicted molar refractivity (Wildman–Crippen MR) is 96.4 cm³/mol. The normalized spacial score (nSPS) is 11.9. The van der Waals surface area contributed by atoms with Crippen molar-refractivity contribution in [3.63, 3.8) is 0 Å². The molecule has 0 unspecified atom stereocenters. The maximum absolute atomic E-state index is 12.4. The number of aromatic nitrogens is 4. The summed E-state index contributed by atoms with van der Waals surface area (Å²) in [4.78, 5) is 38.7. The molecule has 0 aliphatic carbocycles. The summed E-state index contributed by atoms with van der Waals surface area (Å²) in [7, 11) is 0. The van der Waals surface area contributed by atoms with Crippen LogP contribution < -0.4 is 10.6 Å². The van der Waals surface area contributed by atoms with Crippen LogP contribution in [0.25, 0.3) is 11.2 Å². The SMILES string of the molecule is CC(=O)Nc1ccc(NC(=O)[C@H](C)Sc2ncnc3nc[nH]c23)cc1. The number of imidazole rings is 1. The van der Waals surface area contributed by atoms with E-state index < -0.39 is 0 Å². The number of nitrogens with zero attached hydrogens (tertiary/aromatic N) is 3. The average molecular weight is 356 g/mol. The molecule has 8 nitrogen and oxygen atoms in total. The predicted octanol–water partition coefficient (Wildman–Crippen LogP) is 2.43. The molecule has 0 spiro atoms. The van der Waals surface area contributed by atoms with Crippen LogP contribution >= 0.6 is 11.8 Å². The zero-order valence-corrected chi connectivity index (χ0v) is 14.4. The average Bonchev–Trinajstić information content (AvgIpc) is 3.06. The van der Waals surface area contributed by atoms with Gasteiger partial charge in [0.05, 0.1) is 11.6 Å². The van der Waals surface area contributed by atoms with Gasteiger partial charge in [0, 0.05) is 18.3 Å². The number of aromatic amines is 1. The van der Waals surface area contributed by atoms with Gasteiger partial charge >= 0.3 is 0 Å². The van der Waals surface area contributed by atoms with Crippen LogP contribution in [0.2, 0.25) is 0 Å². The lowest BCUT2D eigenvalue weighted by molar-refractivity contribution is -0.115. The molecule has 0 bridgehead atoms. The molecule has 0 aliphatic heterocycles. The highest BCUT2D eigenvalue weighted by atomic mass is 32.2. The molecule has 3 aromatic rings. The minimum absolute atomic E-state index is 0.142. The van der Waals surface area contributed by atoms with Gasteiger partial charge in [0.1, 0.15) is 16.9 Å². The fraction of sp³-hybridized carbons (Fsp3) is 0.188. The first-order valence-corrected chi connectivity index (χ1v) is 8.40. The fourth-order valence-electron chi connectivity index (χ4n) is 2.14. The van der Waals surface area contributed by atoms with Crippen LogP contribution in [0.3, 0.4) is 0 Å². The Morgan fingerprint density at radius 3 is 2.44 bits per heavy atom. The van der Waals surface area contributed by atoms with E-state index >= 15 is 0 Å². The molecule has 2 aromatic heterocycles. The molecular weight excluding hydrogens is 340 g/mol. The number of anilines is 2. The quantitative estimate of drug-likeness (QED) is 0.478. The lowest BCUT2D eigenvalue weighted by Crippen LogP contribution is -2.22. The second kappa shape index (κ2) is 7.31. The highest BCUT2D eigenvalue weighted by Crippen LogP contribution is 2.26. The largest absolute Gasteiger partial charge is 0.341 e. The van der Waals surface area contributed by atoms with E-state index in [1.807, 2.05) is 0 Å². The molecule has 3 N–H and O–H groups in total. The van der Waals surface area contributed by atoms with Gasteiger partial charge in [-0.3, -0.25) is 9.59 Å². The Balaban J connectivity index is 1.64. The summed E-state index contributed by atoms with van der Waals surface area (Å²) in [6, 6.07) is 6.93. The van der Waals surface area contributed by atoms with Crippen molar-refractivity contribution in [1.29, 1.82) is 0 Å². The second-order valence-corrected chi connectivity index (χ2v) is 6.62. The summed E-state index contributed by atoms with van der Waals surface area (Å²) < 4.78 is 0. The molecule has 0 fully saturated rings. The Labute approximate surface area is 147 Å². The van der Waals surface area contributed by atoms with Gasteiger partial charge in [-0.1, -0.05) is 11.8 Å². The van der Waals surface area contributed by atoms with Crippen molar-refractivity contribution in [3.05, 3.63) is 36.9 Å². The number of carbonyl (C=O) groups excluding carboxylic acids is 2. The van der Waals surface area contributed by atoms with E-state index in [4.69, 9.17) is 0 Å². The van der Waals surface area contributed by atoms with Gasteiger partial charge < -0.3 is 15.6 Å². The van der Waals surface area contributed by atoms with Crippen LogP contribution in [0.15, 0.2) is 41.9 Å². The fourth-order valence-corrected chi connectivity index (χ4v) is 3.01. The smallest absolute Gasteiger partial charge is 0.237 e. The monoisotopic (exact) mass is 356 g/mol. The van der Waals surface area contributed by atoms with Gasteiger partial charge in [-0.05, 0) is 31.2 Å². The molecule has 2 heterocycles. The standard InChI is InChI=1S/C16H16N6O2S/c1-9(25-16-13-14(18-7-17-13)19-8-20-16)15(24)22-12-5-3-11(4-6-12)21-10(2)23/h3-9H,1-2H3,(H,21,23)(H,22,24)(H,17,18,19,20)/t9-/m0/s1. The van der Waals surface area contributed by atoms with Crippen molar-refractivity contribution in [2.24, 2.45) is 0 Å². The van der Waals surface area contributed by atoms with Crippen molar-refractivity contribution >= 4 is 46.1 Å². The van der Waals surface area contributed by atoms with Crippen LogP contribution in [0, 0.1) is 0 Å². The number of nitrogens with one attached hydrogen (secondary N) is 3. The van der Waals surface area contributed by atoms with E-state index in [1.165, 1.54) is 25.0 Å². The second-order valence-electron chi connectivity index (χ2n) is 5.29. The molecule has 128 valence electrons. The molecule has 0 saturated carbocycles. The third-order valence-electron chi connectivity index (χ3n) is 3.32. The van der Waals surface area contributed by atoms with Gasteiger partial charge in [0.2, 0.25) is 11.8 Å². The first kappa shape index (κ1) is 16.9. The van der Waals surface area contributed by atoms with Gasteiger partial charge in [0.15, 0.2) is 5.65 Å². The van der Waals surface area contributed by atoms with Gasteiger partial charge in [-0.15, -0.1) is 0 Å². The van der Waals surface area contributed by atoms with Crippen molar-refractivity contribution in [3.8, 4) is 0 Å². The van der Waals surface area contributed by atoms with Gasteiger partial charge in [0.25, 0.3) is 0 Å². The molecule has 3 rings (SSSR count). The number of H-pyrrole nitrogens is 1. The highest BCUT2D eigenvalue weighted by molar-refractivity contribution is 8.00. The molecule has 25 heavy (non-hydrogen) atoms. The molecule has 2 amide bonds. The number of thioether (sulfide) groups is 1. The zero-order valence-electron chi connectivity index (χ0n) is 13.6. The van der Waals surface area contributed by atoms with Crippen molar-refractivity contribution in [2.75, 3.05) is 10.6 Å². The lowest BCUT2D eigenvalue weighted by Gasteiger charge is -2.12. The lowest BCUT2D eigenvalue weighted by atomic mass is 10.2. The van der Waals surface area contributed by atoms with Crippen LogP contribution in [-0.4, -0.2) is 37.0 Å². The summed E-state index contributed by atoms with van der Waals surface area (Å²) in [6.45, 7) is 3.24. The maximum atomic E-state index is 12.4. The molecule has 1 atom stereocenters. The maximum Gasteiger partial charge on any atom is 0.237 e. The molecule has 0 aliphatic rings. The topological polar surface area (TPSA) is 113 Å². The Morgan fingerprint density at radius 2 is 1.76 bits per heavy atom. The minimum Gasteiger partial charge on any atom is -0.341 e. The van der Waals surface area contributed by atoms with Crippen LogP contribution in [0.5, 0.6) is 0 Å². The van der Waals surface area contributed by atoms with Crippen LogP contribution in [0.1, 0.15) is 13.8 Å².